The molecule has 0 saturated heterocycles. The molecule has 0 aromatic carbocycles. The maximum atomic E-state index is 10.5. The van der Waals surface area contributed by atoms with E-state index in [1.807, 2.05) is 0 Å². The highest BCUT2D eigenvalue weighted by atomic mass is 16.3. The molecule has 1 nitrogen and oxygen atoms in total. The van der Waals surface area contributed by atoms with Crippen molar-refractivity contribution in [2.24, 2.45) is 5.41 Å². The third-order valence-electron chi connectivity index (χ3n) is 4.26. The van der Waals surface area contributed by atoms with Gasteiger partial charge in [0, 0.05) is 0 Å². The fourth-order valence-electron chi connectivity index (χ4n) is 3.18. The second-order valence-corrected chi connectivity index (χ2v) is 5.01. The first-order chi connectivity index (χ1) is 5.66. The van der Waals surface area contributed by atoms with Crippen LogP contribution in [0.4, 0.5) is 0 Å². The van der Waals surface area contributed by atoms with Gasteiger partial charge < -0.3 is 5.11 Å². The second-order valence-electron chi connectivity index (χ2n) is 5.01. The zero-order chi connectivity index (χ0) is 8.66. The normalized spacial score (nSPS) is 32.5. The van der Waals surface area contributed by atoms with E-state index in [0.717, 1.165) is 12.8 Å². The Hall–Kier alpha value is -0.0400. The van der Waals surface area contributed by atoms with E-state index in [2.05, 4.69) is 6.92 Å². The van der Waals surface area contributed by atoms with E-state index >= 15 is 0 Å². The lowest BCUT2D eigenvalue weighted by molar-refractivity contribution is -0.0675. The first kappa shape index (κ1) is 8.55. The maximum Gasteiger partial charge on any atom is 0.0701 e. The van der Waals surface area contributed by atoms with Crippen molar-refractivity contribution in [1.82, 2.24) is 0 Å². The number of rotatable bonds is 1. The molecule has 2 aliphatic rings. The van der Waals surface area contributed by atoms with Crippen LogP contribution in [0.25, 0.3) is 0 Å². The summed E-state index contributed by atoms with van der Waals surface area (Å²) in [4.78, 5) is 0. The molecule has 12 heavy (non-hydrogen) atoms. The average molecular weight is 168 g/mol. The second kappa shape index (κ2) is 2.73. The summed E-state index contributed by atoms with van der Waals surface area (Å²) in [5.74, 6) is 0. The Labute approximate surface area is 75.2 Å². The Morgan fingerprint density at radius 3 is 1.75 bits per heavy atom. The van der Waals surface area contributed by atoms with Gasteiger partial charge in [-0.2, -0.15) is 0 Å². The minimum absolute atomic E-state index is 0.267. The number of hydrogen-bond acceptors (Lipinski definition) is 1. The highest BCUT2D eigenvalue weighted by molar-refractivity contribution is 5.01. The van der Waals surface area contributed by atoms with E-state index in [4.69, 9.17) is 0 Å². The smallest absolute Gasteiger partial charge is 0.0701 e. The first-order valence-electron chi connectivity index (χ1n) is 5.39. The van der Waals surface area contributed by atoms with Gasteiger partial charge in [-0.15, -0.1) is 0 Å². The molecule has 2 saturated carbocycles. The van der Waals surface area contributed by atoms with Crippen LogP contribution in [0, 0.1) is 5.41 Å². The van der Waals surface area contributed by atoms with E-state index in [1.165, 1.54) is 38.5 Å². The molecule has 2 aliphatic carbocycles. The molecule has 70 valence electrons. The SMILES string of the molecule is CC1(C2(O)CCCC2)CCCC1. The Balaban J connectivity index is 2.14. The van der Waals surface area contributed by atoms with Gasteiger partial charge in [0.25, 0.3) is 0 Å². The monoisotopic (exact) mass is 168 g/mol. The van der Waals surface area contributed by atoms with Crippen molar-refractivity contribution in [2.45, 2.75) is 63.9 Å². The van der Waals surface area contributed by atoms with E-state index in [1.54, 1.807) is 0 Å². The molecular weight excluding hydrogens is 148 g/mol. The van der Waals surface area contributed by atoms with Gasteiger partial charge >= 0.3 is 0 Å². The molecule has 0 atom stereocenters. The molecule has 0 aromatic heterocycles. The third kappa shape index (κ3) is 1.10. The lowest BCUT2D eigenvalue weighted by atomic mass is 9.71. The van der Waals surface area contributed by atoms with Crippen LogP contribution < -0.4 is 0 Å². The zero-order valence-electron chi connectivity index (χ0n) is 8.10. The molecule has 0 heterocycles. The van der Waals surface area contributed by atoms with Crippen LogP contribution in [0.5, 0.6) is 0 Å². The van der Waals surface area contributed by atoms with E-state index in [9.17, 15) is 5.11 Å². The van der Waals surface area contributed by atoms with Gasteiger partial charge in [0.15, 0.2) is 0 Å². The minimum atomic E-state index is -0.288. The van der Waals surface area contributed by atoms with Gasteiger partial charge in [0.1, 0.15) is 0 Å². The fraction of sp³-hybridized carbons (Fsp3) is 1.00. The lowest BCUT2D eigenvalue weighted by Gasteiger charge is -2.40. The molecule has 1 heteroatoms. The summed E-state index contributed by atoms with van der Waals surface area (Å²) in [6, 6.07) is 0. The lowest BCUT2D eigenvalue weighted by Crippen LogP contribution is -2.42. The maximum absolute atomic E-state index is 10.5. The quantitative estimate of drug-likeness (QED) is 0.638. The van der Waals surface area contributed by atoms with Gasteiger partial charge in [0.05, 0.1) is 5.60 Å². The van der Waals surface area contributed by atoms with Gasteiger partial charge in [-0.25, -0.2) is 0 Å². The highest BCUT2D eigenvalue weighted by Crippen LogP contribution is 2.52. The van der Waals surface area contributed by atoms with Crippen LogP contribution in [0.3, 0.4) is 0 Å². The molecule has 0 amide bonds. The molecule has 1 N–H and O–H groups in total. The molecule has 0 aliphatic heterocycles. The fourth-order valence-corrected chi connectivity index (χ4v) is 3.18. The predicted molar refractivity (Wildman–Crippen MR) is 50.0 cm³/mol. The van der Waals surface area contributed by atoms with Gasteiger partial charge in [-0.05, 0) is 31.1 Å². The van der Waals surface area contributed by atoms with Crippen LogP contribution in [0.15, 0.2) is 0 Å². The minimum Gasteiger partial charge on any atom is -0.389 e. The van der Waals surface area contributed by atoms with E-state index < -0.39 is 0 Å². The largest absolute Gasteiger partial charge is 0.389 e. The van der Waals surface area contributed by atoms with E-state index in [0.29, 0.717) is 0 Å². The molecular formula is C11H20O. The Morgan fingerprint density at radius 1 is 0.833 bits per heavy atom. The van der Waals surface area contributed by atoms with Gasteiger partial charge in [-0.1, -0.05) is 32.6 Å². The molecule has 0 spiro atoms. The first-order valence-corrected chi connectivity index (χ1v) is 5.39. The summed E-state index contributed by atoms with van der Waals surface area (Å²) in [5.41, 5.74) is -0.0208. The molecule has 2 fully saturated rings. The average Bonchev–Trinajstić information content (AvgIpc) is 2.60. The molecule has 0 radical (unpaired) electrons. The predicted octanol–water partition coefficient (Wildman–Crippen LogP) is 2.87. The van der Waals surface area contributed by atoms with Crippen molar-refractivity contribution in [3.05, 3.63) is 0 Å². The third-order valence-corrected chi connectivity index (χ3v) is 4.26. The summed E-state index contributed by atoms with van der Waals surface area (Å²) >= 11 is 0. The Bertz CT molecular complexity index is 142. The summed E-state index contributed by atoms with van der Waals surface area (Å²) in [6.07, 6.45) is 9.77. The summed E-state index contributed by atoms with van der Waals surface area (Å²) in [7, 11) is 0. The topological polar surface area (TPSA) is 20.2 Å². The van der Waals surface area contributed by atoms with Crippen LogP contribution in [-0.4, -0.2) is 10.7 Å². The summed E-state index contributed by atoms with van der Waals surface area (Å²) < 4.78 is 0. The highest BCUT2D eigenvalue weighted by Gasteiger charge is 2.49. The van der Waals surface area contributed by atoms with Crippen LogP contribution in [0.1, 0.15) is 58.3 Å². The standard InChI is InChI=1S/C11H20O/c1-10(6-2-3-7-10)11(12)8-4-5-9-11/h12H,2-9H2,1H3. The van der Waals surface area contributed by atoms with Crippen molar-refractivity contribution in [1.29, 1.82) is 0 Å². The van der Waals surface area contributed by atoms with Gasteiger partial charge in [-0.3, -0.25) is 0 Å². The Morgan fingerprint density at radius 2 is 1.25 bits per heavy atom. The Kier molecular flexibility index (Phi) is 1.95. The van der Waals surface area contributed by atoms with Crippen molar-refractivity contribution < 1.29 is 5.11 Å². The summed E-state index contributed by atoms with van der Waals surface area (Å²) in [5, 5.41) is 10.5. The molecule has 2 rings (SSSR count). The van der Waals surface area contributed by atoms with Crippen molar-refractivity contribution >= 4 is 0 Å². The van der Waals surface area contributed by atoms with Crippen LogP contribution in [-0.2, 0) is 0 Å². The van der Waals surface area contributed by atoms with Crippen molar-refractivity contribution in [2.75, 3.05) is 0 Å². The van der Waals surface area contributed by atoms with Crippen LogP contribution in [0.2, 0.25) is 0 Å². The summed E-state index contributed by atoms with van der Waals surface area (Å²) in [6.45, 7) is 2.30. The zero-order valence-corrected chi connectivity index (χ0v) is 8.10. The molecule has 0 aromatic rings. The number of aliphatic hydroxyl groups is 1. The van der Waals surface area contributed by atoms with Gasteiger partial charge in [0.2, 0.25) is 0 Å². The van der Waals surface area contributed by atoms with Crippen molar-refractivity contribution in [3.63, 3.8) is 0 Å². The van der Waals surface area contributed by atoms with E-state index in [-0.39, 0.29) is 11.0 Å². The van der Waals surface area contributed by atoms with Crippen molar-refractivity contribution in [3.8, 4) is 0 Å². The molecule has 0 unspecified atom stereocenters. The molecule has 0 bridgehead atoms. The number of hydrogen-bond donors (Lipinski definition) is 1. The van der Waals surface area contributed by atoms with Crippen LogP contribution >= 0.6 is 0 Å².